The maximum Gasteiger partial charge on any atom is 0.0537 e. The van der Waals surface area contributed by atoms with Crippen LogP contribution in [0.4, 0.5) is 5.69 Å². The number of nitrogens with one attached hydrogen (secondary N) is 1. The fourth-order valence-electron chi connectivity index (χ4n) is 3.63. The minimum atomic E-state index is 0.0703. The van der Waals surface area contributed by atoms with E-state index in [9.17, 15) is 0 Å². The van der Waals surface area contributed by atoms with Crippen LogP contribution in [0.25, 0.3) is 5.57 Å². The van der Waals surface area contributed by atoms with Crippen LogP contribution in [0.3, 0.4) is 0 Å². The summed E-state index contributed by atoms with van der Waals surface area (Å²) in [4.78, 5) is 2.54. The van der Waals surface area contributed by atoms with Gasteiger partial charge in [-0.15, -0.1) is 0 Å². The van der Waals surface area contributed by atoms with Gasteiger partial charge in [-0.1, -0.05) is 13.0 Å². The monoisotopic (exact) mass is 286 g/mol. The van der Waals surface area contributed by atoms with Crippen LogP contribution < -0.4 is 10.2 Å². The quantitative estimate of drug-likeness (QED) is 0.875. The molecular weight excluding hydrogens is 256 g/mol. The first-order valence-electron chi connectivity index (χ1n) is 8.11. The average Bonchev–Trinajstić information content (AvgIpc) is 2.35. The summed E-state index contributed by atoms with van der Waals surface area (Å²) in [6.07, 6.45) is 2.40. The Bertz CT molecular complexity index is 553. The summed E-state index contributed by atoms with van der Waals surface area (Å²) in [6, 6.07) is 5.24. The molecule has 2 heteroatoms. The minimum absolute atomic E-state index is 0.0703. The van der Waals surface area contributed by atoms with Crippen LogP contribution in [-0.2, 0) is 6.54 Å². The molecule has 0 radical (unpaired) electrons. The lowest BCUT2D eigenvalue weighted by Crippen LogP contribution is -2.49. The summed E-state index contributed by atoms with van der Waals surface area (Å²) in [5.41, 5.74) is 7.03. The molecule has 1 heterocycles. The molecule has 2 nitrogen and oxygen atoms in total. The van der Waals surface area contributed by atoms with Gasteiger partial charge in [-0.25, -0.2) is 0 Å². The Labute approximate surface area is 130 Å². The SMILES string of the molecule is CCNCc1cc2c(cc1C)N(C(C)C)C(C)(C)C=C2C. The highest BCUT2D eigenvalue weighted by Gasteiger charge is 2.33. The number of hydrogen-bond donors (Lipinski definition) is 1. The van der Waals surface area contributed by atoms with E-state index >= 15 is 0 Å². The van der Waals surface area contributed by atoms with Crippen molar-refractivity contribution in [1.29, 1.82) is 0 Å². The third kappa shape index (κ3) is 3.01. The molecule has 0 amide bonds. The van der Waals surface area contributed by atoms with E-state index in [0.717, 1.165) is 13.1 Å². The van der Waals surface area contributed by atoms with Crippen molar-refractivity contribution in [3.05, 3.63) is 34.9 Å². The van der Waals surface area contributed by atoms with E-state index in [4.69, 9.17) is 0 Å². The van der Waals surface area contributed by atoms with Crippen LogP contribution in [0.5, 0.6) is 0 Å². The van der Waals surface area contributed by atoms with Gasteiger partial charge in [-0.05, 0) is 76.9 Å². The first-order chi connectivity index (χ1) is 9.77. The molecule has 0 atom stereocenters. The van der Waals surface area contributed by atoms with Crippen LogP contribution >= 0.6 is 0 Å². The molecule has 0 saturated carbocycles. The molecule has 21 heavy (non-hydrogen) atoms. The molecule has 0 saturated heterocycles. The van der Waals surface area contributed by atoms with E-state index in [1.165, 1.54) is 28.0 Å². The van der Waals surface area contributed by atoms with Crippen molar-refractivity contribution in [2.45, 2.75) is 66.6 Å². The molecule has 2 rings (SSSR count). The Morgan fingerprint density at radius 1 is 1.19 bits per heavy atom. The molecular formula is C19H30N2. The first kappa shape index (κ1) is 16.1. The number of aryl methyl sites for hydroxylation is 1. The highest BCUT2D eigenvalue weighted by molar-refractivity contribution is 5.82. The molecule has 0 bridgehead atoms. The van der Waals surface area contributed by atoms with Gasteiger partial charge in [0.25, 0.3) is 0 Å². The lowest BCUT2D eigenvalue weighted by Gasteiger charge is -2.46. The predicted octanol–water partition coefficient (Wildman–Crippen LogP) is 4.51. The second-order valence-corrected chi connectivity index (χ2v) is 7.02. The fraction of sp³-hybridized carbons (Fsp3) is 0.579. The van der Waals surface area contributed by atoms with Crippen molar-refractivity contribution >= 4 is 11.3 Å². The zero-order valence-electron chi connectivity index (χ0n) is 14.7. The minimum Gasteiger partial charge on any atom is -0.360 e. The number of hydrogen-bond acceptors (Lipinski definition) is 2. The van der Waals surface area contributed by atoms with E-state index in [1.807, 2.05) is 0 Å². The Kier molecular flexibility index (Phi) is 4.48. The lowest BCUT2D eigenvalue weighted by molar-refractivity contribution is 0.507. The van der Waals surface area contributed by atoms with Crippen molar-refractivity contribution in [2.75, 3.05) is 11.4 Å². The normalized spacial score (nSPS) is 17.0. The van der Waals surface area contributed by atoms with Gasteiger partial charge in [0.1, 0.15) is 0 Å². The Balaban J connectivity index is 2.55. The van der Waals surface area contributed by atoms with Crippen molar-refractivity contribution in [2.24, 2.45) is 0 Å². The zero-order valence-corrected chi connectivity index (χ0v) is 14.7. The molecule has 1 N–H and O–H groups in total. The van der Waals surface area contributed by atoms with Gasteiger partial charge in [0.15, 0.2) is 0 Å². The van der Waals surface area contributed by atoms with E-state index in [-0.39, 0.29) is 5.54 Å². The van der Waals surface area contributed by atoms with Crippen LogP contribution in [0.1, 0.15) is 58.2 Å². The van der Waals surface area contributed by atoms with Crippen molar-refractivity contribution < 1.29 is 0 Å². The molecule has 1 aromatic rings. The van der Waals surface area contributed by atoms with E-state index < -0.39 is 0 Å². The molecule has 0 spiro atoms. The van der Waals surface area contributed by atoms with Gasteiger partial charge in [0, 0.05) is 23.8 Å². The average molecular weight is 286 g/mol. The van der Waals surface area contributed by atoms with Gasteiger partial charge < -0.3 is 10.2 Å². The molecule has 1 aliphatic rings. The van der Waals surface area contributed by atoms with E-state index in [0.29, 0.717) is 6.04 Å². The lowest BCUT2D eigenvalue weighted by atomic mass is 9.86. The summed E-state index contributed by atoms with van der Waals surface area (Å²) < 4.78 is 0. The number of anilines is 1. The maximum absolute atomic E-state index is 3.44. The van der Waals surface area contributed by atoms with Crippen molar-refractivity contribution in [3.63, 3.8) is 0 Å². The molecule has 0 unspecified atom stereocenters. The Morgan fingerprint density at radius 3 is 2.43 bits per heavy atom. The molecule has 1 aliphatic heterocycles. The maximum atomic E-state index is 3.44. The van der Waals surface area contributed by atoms with Crippen LogP contribution in [0.2, 0.25) is 0 Å². The highest BCUT2D eigenvalue weighted by Crippen LogP contribution is 2.41. The predicted molar refractivity (Wildman–Crippen MR) is 93.9 cm³/mol. The third-order valence-electron chi connectivity index (χ3n) is 4.41. The highest BCUT2D eigenvalue weighted by atomic mass is 15.2. The second kappa shape index (κ2) is 5.84. The number of rotatable bonds is 4. The first-order valence-corrected chi connectivity index (χ1v) is 8.11. The molecule has 0 fully saturated rings. The van der Waals surface area contributed by atoms with E-state index in [2.05, 4.69) is 76.9 Å². The number of allylic oxidation sites excluding steroid dienone is 1. The van der Waals surface area contributed by atoms with Crippen molar-refractivity contribution in [1.82, 2.24) is 5.32 Å². The summed E-state index contributed by atoms with van der Waals surface area (Å²) in [7, 11) is 0. The summed E-state index contributed by atoms with van der Waals surface area (Å²) in [5.74, 6) is 0. The molecule has 1 aromatic carbocycles. The number of benzene rings is 1. The molecule has 116 valence electrons. The standard InChI is InChI=1S/C19H30N2/c1-8-20-12-16-10-17-15(5)11-19(6,7)21(13(2)3)18(17)9-14(16)4/h9-11,13,20H,8,12H2,1-7H3. The summed E-state index contributed by atoms with van der Waals surface area (Å²) >= 11 is 0. The second-order valence-electron chi connectivity index (χ2n) is 7.02. The topological polar surface area (TPSA) is 15.3 Å². The largest absolute Gasteiger partial charge is 0.360 e. The van der Waals surface area contributed by atoms with Crippen LogP contribution in [-0.4, -0.2) is 18.1 Å². The smallest absolute Gasteiger partial charge is 0.0537 e. The third-order valence-corrected chi connectivity index (χ3v) is 4.41. The van der Waals surface area contributed by atoms with Crippen LogP contribution in [0, 0.1) is 6.92 Å². The van der Waals surface area contributed by atoms with Crippen molar-refractivity contribution in [3.8, 4) is 0 Å². The van der Waals surface area contributed by atoms with Gasteiger partial charge in [-0.3, -0.25) is 0 Å². The molecule has 0 aliphatic carbocycles. The van der Waals surface area contributed by atoms with Gasteiger partial charge in [0.2, 0.25) is 0 Å². The molecule has 0 aromatic heterocycles. The van der Waals surface area contributed by atoms with E-state index in [1.54, 1.807) is 0 Å². The zero-order chi connectivity index (χ0) is 15.8. The number of nitrogens with zero attached hydrogens (tertiary/aromatic N) is 1. The van der Waals surface area contributed by atoms with Crippen LogP contribution in [0.15, 0.2) is 18.2 Å². The van der Waals surface area contributed by atoms with Gasteiger partial charge in [0.05, 0.1) is 5.54 Å². The van der Waals surface area contributed by atoms with Gasteiger partial charge >= 0.3 is 0 Å². The Hall–Kier alpha value is -1.28. The number of fused-ring (bicyclic) bond motifs is 1. The Morgan fingerprint density at radius 2 is 1.86 bits per heavy atom. The summed E-state index contributed by atoms with van der Waals surface area (Å²) in [6.45, 7) is 17.8. The van der Waals surface area contributed by atoms with Gasteiger partial charge in [-0.2, -0.15) is 0 Å². The summed E-state index contributed by atoms with van der Waals surface area (Å²) in [5, 5.41) is 3.44. The fourth-order valence-corrected chi connectivity index (χ4v) is 3.63.